The number of aliphatic imine (C=N–C) groups is 1. The van der Waals surface area contributed by atoms with Gasteiger partial charge in [-0.2, -0.15) is 0 Å². The minimum atomic E-state index is -0.588. The number of fused-ring (bicyclic) bond motifs is 3. The van der Waals surface area contributed by atoms with Crippen LogP contribution in [0.25, 0.3) is 0 Å². The number of hydrogen-bond donors (Lipinski definition) is 0. The van der Waals surface area contributed by atoms with Gasteiger partial charge in [0.2, 0.25) is 11.7 Å². The van der Waals surface area contributed by atoms with Gasteiger partial charge in [-0.15, -0.1) is 23.1 Å². The number of thioether (sulfide) groups is 1. The Balaban J connectivity index is 1.15. The third kappa shape index (κ3) is 4.59. The number of thiophene rings is 1. The zero-order valence-electron chi connectivity index (χ0n) is 22.1. The van der Waals surface area contributed by atoms with E-state index in [1.807, 2.05) is 61.4 Å². The highest BCUT2D eigenvalue weighted by molar-refractivity contribution is 8.00. The fraction of sp³-hybridized carbons (Fsp3) is 0.333. The molecule has 6 rings (SSSR count). The highest BCUT2D eigenvalue weighted by Gasteiger charge is 2.51. The average Bonchev–Trinajstić information content (AvgIpc) is 3.42. The summed E-state index contributed by atoms with van der Waals surface area (Å²) in [4.78, 5) is 45.6. The Kier molecular flexibility index (Phi) is 7.10. The molecule has 1 amide bonds. The van der Waals surface area contributed by atoms with Crippen molar-refractivity contribution in [3.05, 3.63) is 79.1 Å². The van der Waals surface area contributed by atoms with Crippen LogP contribution in [0.5, 0.6) is 5.75 Å². The molecular weight excluding hydrogens is 587 g/mol. The molecule has 0 bridgehead atoms. The zero-order valence-corrected chi connectivity index (χ0v) is 25.3. The SMILES string of the molecule is CC1=C(COc2ccc3c(c2)C(C)(C)C2=C(Cl)C(=O)C(Cl)=CC2=N3)CSC2C(CC(=O)Cc3cccs3)C(=O)N12. The van der Waals surface area contributed by atoms with Crippen LogP contribution >= 0.6 is 46.3 Å². The van der Waals surface area contributed by atoms with Gasteiger partial charge in [0.25, 0.3) is 0 Å². The van der Waals surface area contributed by atoms with Crippen LogP contribution in [0.3, 0.4) is 0 Å². The van der Waals surface area contributed by atoms with Crippen LogP contribution < -0.4 is 4.74 Å². The molecule has 0 N–H and O–H groups in total. The van der Waals surface area contributed by atoms with E-state index in [0.717, 1.165) is 33.2 Å². The maximum Gasteiger partial charge on any atom is 0.234 e. The van der Waals surface area contributed by atoms with E-state index >= 15 is 0 Å². The van der Waals surface area contributed by atoms with Gasteiger partial charge in [-0.1, -0.05) is 43.1 Å². The zero-order chi connectivity index (χ0) is 28.3. The number of β-lactam (4-membered cyclic amide) rings is 1. The predicted octanol–water partition coefficient (Wildman–Crippen LogP) is 6.70. The first kappa shape index (κ1) is 27.5. The Labute approximate surface area is 250 Å². The van der Waals surface area contributed by atoms with Crippen molar-refractivity contribution in [2.75, 3.05) is 12.4 Å². The lowest BCUT2D eigenvalue weighted by molar-refractivity contribution is -0.149. The summed E-state index contributed by atoms with van der Waals surface area (Å²) < 4.78 is 6.21. The van der Waals surface area contributed by atoms with Gasteiger partial charge in [0.1, 0.15) is 18.1 Å². The number of halogens is 2. The smallest absolute Gasteiger partial charge is 0.234 e. The number of allylic oxidation sites excluding steroid dienone is 5. The van der Waals surface area contributed by atoms with Gasteiger partial charge in [0.15, 0.2) is 0 Å². The lowest BCUT2D eigenvalue weighted by Crippen LogP contribution is -2.60. The molecule has 2 unspecified atom stereocenters. The minimum absolute atomic E-state index is 0.00100. The molecule has 6 nitrogen and oxygen atoms in total. The van der Waals surface area contributed by atoms with Gasteiger partial charge in [0, 0.05) is 40.2 Å². The third-order valence-corrected chi connectivity index (χ3v) is 10.8. The number of hydrogen-bond acceptors (Lipinski definition) is 7. The van der Waals surface area contributed by atoms with Crippen LogP contribution in [0.1, 0.15) is 37.6 Å². The molecule has 2 aromatic rings. The van der Waals surface area contributed by atoms with E-state index in [1.54, 1.807) is 29.2 Å². The standard InChI is InChI=1S/C30H26Cl2N2O4S2/c1-15-16(14-40-29-20(28(37)34(15)29)10-17(35)9-19-5-4-8-39-19)13-38-18-6-7-23-21(11-18)30(2,3)25-24(33-23)12-22(31)27(36)26(25)32/h4-8,11-12,20,29H,9-10,13-14H2,1-3H3. The number of nitrogens with zero attached hydrogens (tertiary/aromatic N) is 2. The molecule has 2 atom stereocenters. The minimum Gasteiger partial charge on any atom is -0.489 e. The topological polar surface area (TPSA) is 76.0 Å². The van der Waals surface area contributed by atoms with Crippen molar-refractivity contribution in [1.82, 2.24) is 4.90 Å². The van der Waals surface area contributed by atoms with E-state index in [0.29, 0.717) is 30.1 Å². The molecule has 3 aliphatic heterocycles. The molecule has 206 valence electrons. The Bertz CT molecular complexity index is 1590. The Hall–Kier alpha value is -2.65. The van der Waals surface area contributed by atoms with Crippen molar-refractivity contribution in [3.63, 3.8) is 0 Å². The average molecular weight is 614 g/mol. The number of carbonyl (C=O) groups excluding carboxylic acids is 3. The van der Waals surface area contributed by atoms with E-state index in [9.17, 15) is 14.4 Å². The molecule has 40 heavy (non-hydrogen) atoms. The van der Waals surface area contributed by atoms with Crippen LogP contribution in [-0.2, 0) is 26.2 Å². The van der Waals surface area contributed by atoms with Crippen molar-refractivity contribution in [2.24, 2.45) is 10.9 Å². The number of ether oxygens (including phenoxy) is 1. The van der Waals surface area contributed by atoms with Crippen molar-refractivity contribution in [3.8, 4) is 5.75 Å². The fourth-order valence-corrected chi connectivity index (χ4v) is 8.63. The quantitative estimate of drug-likeness (QED) is 0.257. The van der Waals surface area contributed by atoms with Crippen molar-refractivity contribution >= 4 is 75.2 Å². The van der Waals surface area contributed by atoms with Crippen molar-refractivity contribution in [1.29, 1.82) is 0 Å². The van der Waals surface area contributed by atoms with E-state index in [1.165, 1.54) is 0 Å². The second-order valence-electron chi connectivity index (χ2n) is 10.8. The number of Topliss-reactive ketones (excluding diaryl/α,β-unsaturated/α-hetero) is 2. The molecule has 1 aliphatic carbocycles. The molecule has 4 aliphatic rings. The maximum atomic E-state index is 13.0. The molecule has 10 heteroatoms. The van der Waals surface area contributed by atoms with Crippen LogP contribution in [0, 0.1) is 5.92 Å². The van der Waals surface area contributed by atoms with Gasteiger partial charge < -0.3 is 9.64 Å². The largest absolute Gasteiger partial charge is 0.489 e. The molecule has 1 fully saturated rings. The van der Waals surface area contributed by atoms with Gasteiger partial charge in [-0.3, -0.25) is 14.4 Å². The molecule has 0 radical (unpaired) electrons. The first-order valence-corrected chi connectivity index (χ1v) is 15.6. The summed E-state index contributed by atoms with van der Waals surface area (Å²) in [5.41, 5.74) is 4.28. The summed E-state index contributed by atoms with van der Waals surface area (Å²) in [6, 6.07) is 9.60. The summed E-state index contributed by atoms with van der Waals surface area (Å²) in [6.07, 6.45) is 2.25. The Morgan fingerprint density at radius 3 is 2.77 bits per heavy atom. The lowest BCUT2D eigenvalue weighted by atomic mass is 9.71. The van der Waals surface area contributed by atoms with Gasteiger partial charge in [0.05, 0.1) is 32.8 Å². The van der Waals surface area contributed by atoms with E-state index < -0.39 is 11.2 Å². The molecule has 1 saturated heterocycles. The molecule has 1 aromatic carbocycles. The second-order valence-corrected chi connectivity index (χ2v) is 13.7. The summed E-state index contributed by atoms with van der Waals surface area (Å²) in [5.74, 6) is 0.858. The number of amides is 1. The van der Waals surface area contributed by atoms with Gasteiger partial charge in [-0.05, 0) is 53.8 Å². The van der Waals surface area contributed by atoms with Crippen LogP contribution in [0.15, 0.2) is 73.7 Å². The number of rotatable bonds is 7. The first-order chi connectivity index (χ1) is 19.1. The molecule has 1 aromatic heterocycles. The maximum absolute atomic E-state index is 13.0. The highest BCUT2D eigenvalue weighted by atomic mass is 35.5. The molecule has 4 heterocycles. The number of carbonyl (C=O) groups is 3. The Morgan fingerprint density at radius 2 is 2.02 bits per heavy atom. The van der Waals surface area contributed by atoms with Crippen LogP contribution in [0.2, 0.25) is 0 Å². The lowest BCUT2D eigenvalue weighted by Gasteiger charge is -2.50. The molecular formula is C30H26Cl2N2O4S2. The number of ketones is 2. The summed E-state index contributed by atoms with van der Waals surface area (Å²) >= 11 is 15.8. The second kappa shape index (κ2) is 10.3. The highest BCUT2D eigenvalue weighted by Crippen LogP contribution is 2.48. The number of benzene rings is 1. The van der Waals surface area contributed by atoms with E-state index in [-0.39, 0.29) is 39.5 Å². The predicted molar refractivity (Wildman–Crippen MR) is 161 cm³/mol. The summed E-state index contributed by atoms with van der Waals surface area (Å²) in [6.45, 7) is 6.30. The first-order valence-electron chi connectivity index (χ1n) is 12.9. The monoisotopic (exact) mass is 612 g/mol. The van der Waals surface area contributed by atoms with Gasteiger partial charge in [-0.25, -0.2) is 4.99 Å². The van der Waals surface area contributed by atoms with Crippen molar-refractivity contribution < 1.29 is 19.1 Å². The summed E-state index contributed by atoms with van der Waals surface area (Å²) in [7, 11) is 0. The Morgan fingerprint density at radius 1 is 1.23 bits per heavy atom. The molecule has 0 spiro atoms. The van der Waals surface area contributed by atoms with E-state index in [2.05, 4.69) is 0 Å². The van der Waals surface area contributed by atoms with Crippen LogP contribution in [0.4, 0.5) is 5.69 Å². The van der Waals surface area contributed by atoms with Crippen molar-refractivity contribution in [2.45, 2.75) is 44.4 Å². The third-order valence-electron chi connectivity index (χ3n) is 7.93. The molecule has 0 saturated carbocycles. The van der Waals surface area contributed by atoms with Gasteiger partial charge >= 0.3 is 0 Å². The van der Waals surface area contributed by atoms with Crippen LogP contribution in [-0.4, -0.2) is 45.8 Å². The van der Waals surface area contributed by atoms with E-state index in [4.69, 9.17) is 32.9 Å². The fourth-order valence-electron chi connectivity index (χ4n) is 5.70. The normalized spacial score (nSPS) is 23.2. The summed E-state index contributed by atoms with van der Waals surface area (Å²) in [5, 5.41) is 2.11.